The van der Waals surface area contributed by atoms with E-state index >= 15 is 0 Å². The number of nitrogens with one attached hydrogen (secondary N) is 2. The van der Waals surface area contributed by atoms with Crippen LogP contribution in [0.25, 0.3) is 0 Å². The summed E-state index contributed by atoms with van der Waals surface area (Å²) in [7, 11) is 0. The van der Waals surface area contributed by atoms with Gasteiger partial charge in [-0.1, -0.05) is 22.4 Å². The Hall–Kier alpha value is -2.72. The van der Waals surface area contributed by atoms with Crippen LogP contribution < -0.4 is 10.6 Å². The molecule has 30 heavy (non-hydrogen) atoms. The summed E-state index contributed by atoms with van der Waals surface area (Å²) >= 11 is 3.13. The Morgan fingerprint density at radius 3 is 1.63 bits per heavy atom. The Labute approximate surface area is 183 Å². The van der Waals surface area contributed by atoms with E-state index < -0.39 is 0 Å². The molecule has 2 N–H and O–H groups in total. The molecule has 0 saturated heterocycles. The fraction of sp³-hybridized carbons (Fsp3) is 0.400. The zero-order chi connectivity index (χ0) is 21.6. The van der Waals surface area contributed by atoms with Crippen LogP contribution in [0, 0.1) is 0 Å². The summed E-state index contributed by atoms with van der Waals surface area (Å²) < 4.78 is 0. The summed E-state index contributed by atoms with van der Waals surface area (Å²) in [5.74, 6) is -0.455. The molecule has 0 radical (unpaired) electrons. The summed E-state index contributed by atoms with van der Waals surface area (Å²) in [6, 6.07) is 7.75. The number of oxime groups is 2. The molecule has 0 aliphatic rings. The van der Waals surface area contributed by atoms with Crippen LogP contribution in [-0.4, -0.2) is 49.5 Å². The van der Waals surface area contributed by atoms with Gasteiger partial charge >= 0.3 is 0 Å². The number of carbonyl (C=O) groups is 2. The van der Waals surface area contributed by atoms with Crippen LogP contribution in [0.1, 0.15) is 36.4 Å². The van der Waals surface area contributed by atoms with Gasteiger partial charge in [-0.05, 0) is 49.6 Å². The van der Waals surface area contributed by atoms with Crippen molar-refractivity contribution in [2.75, 3.05) is 26.3 Å². The van der Waals surface area contributed by atoms with E-state index in [9.17, 15) is 9.59 Å². The maximum absolute atomic E-state index is 11.7. The van der Waals surface area contributed by atoms with E-state index in [4.69, 9.17) is 9.68 Å². The third kappa shape index (κ3) is 9.19. The largest absolute Gasteiger partial charge is 0.385 e. The molecule has 0 spiro atoms. The number of thiophene rings is 2. The normalized spacial score (nSPS) is 11.8. The zero-order valence-corrected chi connectivity index (χ0v) is 18.7. The monoisotopic (exact) mass is 450 g/mol. The number of hydrogen-bond acceptors (Lipinski definition) is 8. The van der Waals surface area contributed by atoms with Gasteiger partial charge in [0.05, 0.1) is 21.2 Å². The van der Waals surface area contributed by atoms with Crippen molar-refractivity contribution in [2.24, 2.45) is 10.3 Å². The van der Waals surface area contributed by atoms with Crippen molar-refractivity contribution in [2.45, 2.75) is 26.7 Å². The minimum absolute atomic E-state index is 0.123. The first kappa shape index (κ1) is 23.6. The predicted molar refractivity (Wildman–Crippen MR) is 120 cm³/mol. The second-order valence-corrected chi connectivity index (χ2v) is 8.16. The minimum Gasteiger partial charge on any atom is -0.385 e. The highest BCUT2D eigenvalue weighted by atomic mass is 32.1. The molecule has 2 amide bonds. The molecule has 162 valence electrons. The third-order valence-corrected chi connectivity index (χ3v) is 5.75. The van der Waals surface area contributed by atoms with E-state index in [0.29, 0.717) is 13.1 Å². The summed E-state index contributed by atoms with van der Waals surface area (Å²) in [5.41, 5.74) is 1.48. The molecular formula is C20H26N4O4S2. The number of rotatable bonds is 13. The standard InChI is InChI=1S/C20H26N4O4S2/c1-15(17-7-5-11-29-17)23-27-13-19(25)21-9-3-4-10-22-20(26)14-28-24-16(2)18-8-6-12-30-18/h5-8,11-12H,3-4,9-10,13-14H2,1-2H3,(H,21,25)(H,22,26). The second kappa shape index (κ2) is 13.5. The molecule has 0 aliphatic heterocycles. The Morgan fingerprint density at radius 2 is 1.27 bits per heavy atom. The molecule has 0 aliphatic carbocycles. The molecule has 2 rings (SSSR count). The summed E-state index contributed by atoms with van der Waals surface area (Å²) in [4.78, 5) is 35.6. The fourth-order valence-electron chi connectivity index (χ4n) is 2.24. The van der Waals surface area contributed by atoms with Gasteiger partial charge in [0.1, 0.15) is 0 Å². The molecule has 2 heterocycles. The SMILES string of the molecule is CC(=NOCC(=O)NCCCCNC(=O)CON=C(C)c1cccs1)c1cccs1. The van der Waals surface area contributed by atoms with Crippen LogP contribution in [0.5, 0.6) is 0 Å². The average Bonchev–Trinajstić information content (AvgIpc) is 3.44. The topological polar surface area (TPSA) is 101 Å². The lowest BCUT2D eigenvalue weighted by atomic mass is 10.3. The fourth-order valence-corrected chi connectivity index (χ4v) is 3.58. The van der Waals surface area contributed by atoms with Crippen LogP contribution in [0.4, 0.5) is 0 Å². The van der Waals surface area contributed by atoms with Gasteiger partial charge in [0.15, 0.2) is 13.2 Å². The van der Waals surface area contributed by atoms with E-state index in [2.05, 4.69) is 20.9 Å². The predicted octanol–water partition coefficient (Wildman–Crippen LogP) is 3.00. The van der Waals surface area contributed by atoms with Crippen molar-refractivity contribution in [1.82, 2.24) is 10.6 Å². The lowest BCUT2D eigenvalue weighted by Gasteiger charge is -2.06. The van der Waals surface area contributed by atoms with Crippen LogP contribution >= 0.6 is 22.7 Å². The van der Waals surface area contributed by atoms with E-state index in [0.717, 1.165) is 34.0 Å². The van der Waals surface area contributed by atoms with Crippen molar-refractivity contribution in [3.8, 4) is 0 Å². The Kier molecular flexibility index (Phi) is 10.6. The molecule has 0 atom stereocenters. The zero-order valence-electron chi connectivity index (χ0n) is 17.1. The van der Waals surface area contributed by atoms with E-state index in [1.54, 1.807) is 22.7 Å². The lowest BCUT2D eigenvalue weighted by molar-refractivity contribution is -0.126. The molecule has 0 aromatic carbocycles. The molecule has 0 fully saturated rings. The first-order chi connectivity index (χ1) is 14.6. The third-order valence-electron chi connectivity index (χ3n) is 3.80. The smallest absolute Gasteiger partial charge is 0.260 e. The lowest BCUT2D eigenvalue weighted by Crippen LogP contribution is -2.30. The Morgan fingerprint density at radius 1 is 0.833 bits per heavy atom. The number of hydrogen-bond donors (Lipinski definition) is 2. The second-order valence-electron chi connectivity index (χ2n) is 6.26. The first-order valence-electron chi connectivity index (χ1n) is 9.50. The van der Waals surface area contributed by atoms with Crippen LogP contribution in [0.3, 0.4) is 0 Å². The number of nitrogens with zero attached hydrogens (tertiary/aromatic N) is 2. The van der Waals surface area contributed by atoms with Gasteiger partial charge in [-0.15, -0.1) is 22.7 Å². The molecule has 0 saturated carbocycles. The minimum atomic E-state index is -0.228. The van der Waals surface area contributed by atoms with Crippen molar-refractivity contribution in [3.63, 3.8) is 0 Å². The molecule has 0 bridgehead atoms. The Bertz CT molecular complexity index is 763. The van der Waals surface area contributed by atoms with Crippen molar-refractivity contribution in [1.29, 1.82) is 0 Å². The van der Waals surface area contributed by atoms with E-state index in [1.165, 1.54) is 0 Å². The number of unbranched alkanes of at least 4 members (excludes halogenated alkanes) is 1. The Balaban J connectivity index is 1.46. The van der Waals surface area contributed by atoms with Crippen molar-refractivity contribution < 1.29 is 19.3 Å². The van der Waals surface area contributed by atoms with Gasteiger partial charge in [-0.2, -0.15) is 0 Å². The van der Waals surface area contributed by atoms with Crippen LogP contribution in [0.15, 0.2) is 45.3 Å². The molecule has 0 unspecified atom stereocenters. The highest BCUT2D eigenvalue weighted by Crippen LogP contribution is 2.10. The van der Waals surface area contributed by atoms with E-state index in [1.807, 2.05) is 48.9 Å². The molecule has 10 heteroatoms. The average molecular weight is 451 g/mol. The summed E-state index contributed by atoms with van der Waals surface area (Å²) in [6.07, 6.45) is 1.47. The van der Waals surface area contributed by atoms with Gasteiger partial charge in [0.25, 0.3) is 11.8 Å². The van der Waals surface area contributed by atoms with E-state index in [-0.39, 0.29) is 25.0 Å². The highest BCUT2D eigenvalue weighted by Gasteiger charge is 2.04. The van der Waals surface area contributed by atoms with Crippen molar-refractivity contribution in [3.05, 3.63) is 44.8 Å². The van der Waals surface area contributed by atoms with Gasteiger partial charge < -0.3 is 20.3 Å². The summed E-state index contributed by atoms with van der Waals surface area (Å²) in [5, 5.41) is 17.3. The van der Waals surface area contributed by atoms with Gasteiger partial charge in [-0.3, -0.25) is 9.59 Å². The maximum Gasteiger partial charge on any atom is 0.260 e. The highest BCUT2D eigenvalue weighted by molar-refractivity contribution is 7.12. The quantitative estimate of drug-likeness (QED) is 0.278. The van der Waals surface area contributed by atoms with Gasteiger partial charge in [0.2, 0.25) is 0 Å². The molecule has 2 aromatic heterocycles. The van der Waals surface area contributed by atoms with Gasteiger partial charge in [0, 0.05) is 13.1 Å². The maximum atomic E-state index is 11.7. The molecule has 2 aromatic rings. The molecular weight excluding hydrogens is 424 g/mol. The number of amides is 2. The first-order valence-corrected chi connectivity index (χ1v) is 11.3. The van der Waals surface area contributed by atoms with Gasteiger partial charge in [-0.25, -0.2) is 0 Å². The molecule has 8 nitrogen and oxygen atoms in total. The van der Waals surface area contributed by atoms with Crippen LogP contribution in [0.2, 0.25) is 0 Å². The number of carbonyl (C=O) groups excluding carboxylic acids is 2. The van der Waals surface area contributed by atoms with Crippen LogP contribution in [-0.2, 0) is 19.3 Å². The van der Waals surface area contributed by atoms with Crippen molar-refractivity contribution >= 4 is 45.9 Å². The summed E-state index contributed by atoms with van der Waals surface area (Å²) in [6.45, 7) is 4.43.